The zero-order chi connectivity index (χ0) is 10.8. The molecule has 2 heterocycles. The molecule has 1 fully saturated rings. The fraction of sp³-hybridized carbons (Fsp3) is 0.444. The summed E-state index contributed by atoms with van der Waals surface area (Å²) in [6.07, 6.45) is 2.10. The maximum atomic E-state index is 11.6. The van der Waals surface area contributed by atoms with Crippen molar-refractivity contribution in [3.05, 3.63) is 16.9 Å². The van der Waals surface area contributed by atoms with Gasteiger partial charge in [0.25, 0.3) is 0 Å². The maximum absolute atomic E-state index is 11.6. The lowest BCUT2D eigenvalue weighted by molar-refractivity contribution is -0.117. The highest BCUT2D eigenvalue weighted by Gasteiger charge is 2.31. The number of hydrogen-bond donors (Lipinski definition) is 0. The summed E-state index contributed by atoms with van der Waals surface area (Å²) in [4.78, 5) is 21.4. The van der Waals surface area contributed by atoms with Crippen LogP contribution in [0.5, 0.6) is 0 Å². The molecular formula is C9H9BrClN3O. The van der Waals surface area contributed by atoms with Crippen molar-refractivity contribution in [1.29, 1.82) is 0 Å². The third kappa shape index (κ3) is 2.29. The Morgan fingerprint density at radius 3 is 3.07 bits per heavy atom. The van der Waals surface area contributed by atoms with Gasteiger partial charge in [0, 0.05) is 25.0 Å². The number of anilines is 1. The Balaban J connectivity index is 2.21. The third-order valence-electron chi connectivity index (χ3n) is 2.27. The van der Waals surface area contributed by atoms with E-state index in [0.717, 1.165) is 0 Å². The highest BCUT2D eigenvalue weighted by Crippen LogP contribution is 2.23. The molecule has 1 saturated heterocycles. The summed E-state index contributed by atoms with van der Waals surface area (Å²) < 4.78 is 0.676. The average molecular weight is 291 g/mol. The first-order chi connectivity index (χ1) is 7.20. The standard InChI is InChI=1S/C9H9BrClN3O/c10-7-1-2-12-9(13-7)14-5-6(4-11)3-8(14)15/h1-2,6H,3-5H2. The number of carbonyl (C=O) groups excluding carboxylic acids is 1. The minimum absolute atomic E-state index is 0.0405. The fourth-order valence-corrected chi connectivity index (χ4v) is 2.02. The van der Waals surface area contributed by atoms with Crippen LogP contribution in [0.15, 0.2) is 16.9 Å². The minimum atomic E-state index is 0.0405. The second-order valence-electron chi connectivity index (χ2n) is 3.41. The Bertz CT molecular complexity index is 387. The minimum Gasteiger partial charge on any atom is -0.280 e. The normalized spacial score (nSPS) is 21.1. The van der Waals surface area contributed by atoms with Gasteiger partial charge in [-0.3, -0.25) is 9.69 Å². The molecule has 0 bridgehead atoms. The number of halogens is 2. The summed E-state index contributed by atoms with van der Waals surface area (Å²) in [7, 11) is 0. The number of nitrogens with zero attached hydrogens (tertiary/aromatic N) is 3. The van der Waals surface area contributed by atoms with E-state index in [1.165, 1.54) is 0 Å². The Morgan fingerprint density at radius 1 is 1.67 bits per heavy atom. The summed E-state index contributed by atoms with van der Waals surface area (Å²) >= 11 is 8.97. The van der Waals surface area contributed by atoms with Gasteiger partial charge in [0.15, 0.2) is 0 Å². The molecular weight excluding hydrogens is 281 g/mol. The van der Waals surface area contributed by atoms with Crippen LogP contribution in [0.4, 0.5) is 5.95 Å². The van der Waals surface area contributed by atoms with E-state index in [9.17, 15) is 4.79 Å². The van der Waals surface area contributed by atoms with Crippen LogP contribution in [0.3, 0.4) is 0 Å². The van der Waals surface area contributed by atoms with Crippen molar-refractivity contribution in [2.24, 2.45) is 5.92 Å². The highest BCUT2D eigenvalue weighted by molar-refractivity contribution is 9.10. The predicted molar refractivity (Wildman–Crippen MR) is 60.9 cm³/mol. The van der Waals surface area contributed by atoms with Crippen LogP contribution >= 0.6 is 27.5 Å². The summed E-state index contributed by atoms with van der Waals surface area (Å²) in [6.45, 7) is 0.610. The van der Waals surface area contributed by atoms with Crippen LogP contribution in [0.25, 0.3) is 0 Å². The summed E-state index contributed by atoms with van der Waals surface area (Å²) in [6, 6.07) is 1.73. The number of alkyl halides is 1. The summed E-state index contributed by atoms with van der Waals surface area (Å²) in [5, 5.41) is 0. The second-order valence-corrected chi connectivity index (χ2v) is 4.53. The van der Waals surface area contributed by atoms with E-state index in [2.05, 4.69) is 25.9 Å². The molecule has 1 unspecified atom stereocenters. The van der Waals surface area contributed by atoms with Gasteiger partial charge in [-0.15, -0.1) is 11.6 Å². The van der Waals surface area contributed by atoms with Crippen molar-refractivity contribution >= 4 is 39.4 Å². The molecule has 1 aromatic heterocycles. The van der Waals surface area contributed by atoms with Crippen molar-refractivity contribution in [2.75, 3.05) is 17.3 Å². The van der Waals surface area contributed by atoms with Gasteiger partial charge in [0.05, 0.1) is 0 Å². The van der Waals surface area contributed by atoms with Gasteiger partial charge in [-0.2, -0.15) is 0 Å². The lowest BCUT2D eigenvalue weighted by Crippen LogP contribution is -2.26. The van der Waals surface area contributed by atoms with Gasteiger partial charge in [0.1, 0.15) is 4.60 Å². The fourth-order valence-electron chi connectivity index (χ4n) is 1.54. The number of amides is 1. The van der Waals surface area contributed by atoms with Gasteiger partial charge in [-0.1, -0.05) is 0 Å². The Morgan fingerprint density at radius 2 is 2.47 bits per heavy atom. The third-order valence-corrected chi connectivity index (χ3v) is 3.15. The molecule has 1 amide bonds. The first kappa shape index (κ1) is 10.8. The molecule has 1 aliphatic rings. The SMILES string of the molecule is O=C1CC(CCl)CN1c1nccc(Br)n1. The largest absolute Gasteiger partial charge is 0.280 e. The average Bonchev–Trinajstić information content (AvgIpc) is 2.60. The van der Waals surface area contributed by atoms with Crippen LogP contribution < -0.4 is 4.90 Å². The Kier molecular flexibility index (Phi) is 3.21. The van der Waals surface area contributed by atoms with Crippen molar-refractivity contribution in [2.45, 2.75) is 6.42 Å². The van der Waals surface area contributed by atoms with Gasteiger partial charge in [-0.25, -0.2) is 9.97 Å². The van der Waals surface area contributed by atoms with Gasteiger partial charge >= 0.3 is 0 Å². The first-order valence-electron chi connectivity index (χ1n) is 4.55. The van der Waals surface area contributed by atoms with E-state index in [4.69, 9.17) is 11.6 Å². The quantitative estimate of drug-likeness (QED) is 0.617. The summed E-state index contributed by atoms with van der Waals surface area (Å²) in [5.41, 5.74) is 0. The number of aromatic nitrogens is 2. The van der Waals surface area contributed by atoms with E-state index in [0.29, 0.717) is 29.4 Å². The molecule has 1 atom stereocenters. The van der Waals surface area contributed by atoms with Gasteiger partial charge < -0.3 is 0 Å². The van der Waals surface area contributed by atoms with E-state index in [1.54, 1.807) is 17.2 Å². The molecule has 4 nitrogen and oxygen atoms in total. The van der Waals surface area contributed by atoms with Gasteiger partial charge in [-0.05, 0) is 27.9 Å². The van der Waals surface area contributed by atoms with Crippen LogP contribution in [0.2, 0.25) is 0 Å². The number of hydrogen-bond acceptors (Lipinski definition) is 3. The number of carbonyl (C=O) groups is 1. The highest BCUT2D eigenvalue weighted by atomic mass is 79.9. The van der Waals surface area contributed by atoms with Crippen molar-refractivity contribution in [3.8, 4) is 0 Å². The second kappa shape index (κ2) is 4.45. The van der Waals surface area contributed by atoms with Crippen molar-refractivity contribution < 1.29 is 4.79 Å². The monoisotopic (exact) mass is 289 g/mol. The van der Waals surface area contributed by atoms with Crippen LogP contribution in [-0.2, 0) is 4.79 Å². The molecule has 15 heavy (non-hydrogen) atoms. The van der Waals surface area contributed by atoms with E-state index in [1.807, 2.05) is 0 Å². The molecule has 6 heteroatoms. The van der Waals surface area contributed by atoms with E-state index in [-0.39, 0.29) is 11.8 Å². The van der Waals surface area contributed by atoms with Crippen molar-refractivity contribution in [1.82, 2.24) is 9.97 Å². The van der Waals surface area contributed by atoms with Crippen LogP contribution in [-0.4, -0.2) is 28.3 Å². The first-order valence-corrected chi connectivity index (χ1v) is 5.88. The van der Waals surface area contributed by atoms with E-state index < -0.39 is 0 Å². The number of rotatable bonds is 2. The topological polar surface area (TPSA) is 46.1 Å². The molecule has 0 N–H and O–H groups in total. The van der Waals surface area contributed by atoms with Crippen molar-refractivity contribution in [3.63, 3.8) is 0 Å². The molecule has 0 spiro atoms. The molecule has 0 radical (unpaired) electrons. The van der Waals surface area contributed by atoms with Crippen LogP contribution in [0.1, 0.15) is 6.42 Å². The Labute approximate surface area is 101 Å². The molecule has 1 aromatic rings. The smallest absolute Gasteiger partial charge is 0.233 e. The summed E-state index contributed by atoms with van der Waals surface area (Å²) in [5.74, 6) is 1.19. The van der Waals surface area contributed by atoms with E-state index >= 15 is 0 Å². The zero-order valence-corrected chi connectivity index (χ0v) is 10.2. The molecule has 0 aromatic carbocycles. The zero-order valence-electron chi connectivity index (χ0n) is 7.86. The van der Waals surface area contributed by atoms with Crippen LogP contribution in [0, 0.1) is 5.92 Å². The maximum Gasteiger partial charge on any atom is 0.233 e. The molecule has 0 aliphatic carbocycles. The molecule has 80 valence electrons. The van der Waals surface area contributed by atoms with Gasteiger partial charge in [0.2, 0.25) is 11.9 Å². The lowest BCUT2D eigenvalue weighted by Gasteiger charge is -2.13. The molecule has 1 aliphatic heterocycles. The molecule has 0 saturated carbocycles. The lowest BCUT2D eigenvalue weighted by atomic mass is 10.2. The Hall–Kier alpha value is -0.680. The molecule has 2 rings (SSSR count). The predicted octanol–water partition coefficient (Wildman–Crippen LogP) is 1.83.